The van der Waals surface area contributed by atoms with Gasteiger partial charge in [0.2, 0.25) is 6.17 Å². The fourth-order valence-corrected chi connectivity index (χ4v) is 7.01. The molecule has 1 aromatic carbocycles. The SMILES string of the molecule is CCCCCCCCCCCCCCCCCCCC(Cc1ccccc1)C(CCCCCCCCCC)[C+]1N=CC=N1. The van der Waals surface area contributed by atoms with Gasteiger partial charge in [-0.2, -0.15) is 0 Å². The topological polar surface area (TPSA) is 24.7 Å². The van der Waals surface area contributed by atoms with Crippen molar-refractivity contribution in [1.82, 2.24) is 0 Å². The van der Waals surface area contributed by atoms with Crippen molar-refractivity contribution in [1.29, 1.82) is 0 Å². The normalized spacial score (nSPS) is 14.1. The molecule has 1 aromatic rings. The molecule has 0 spiro atoms. The van der Waals surface area contributed by atoms with E-state index in [4.69, 9.17) is 9.98 Å². The number of hydrogen-bond acceptors (Lipinski definition) is 2. The summed E-state index contributed by atoms with van der Waals surface area (Å²) in [5.74, 6) is 1.14. The molecule has 2 heteroatoms. The minimum absolute atomic E-state index is 0.497. The van der Waals surface area contributed by atoms with Crippen LogP contribution in [0.15, 0.2) is 40.3 Å². The van der Waals surface area contributed by atoms with E-state index in [9.17, 15) is 0 Å². The monoisotopic (exact) mass is 592 g/mol. The third-order valence-corrected chi connectivity index (χ3v) is 9.77. The van der Waals surface area contributed by atoms with Crippen molar-refractivity contribution < 1.29 is 0 Å². The second-order valence-corrected chi connectivity index (χ2v) is 13.7. The first kappa shape index (κ1) is 37.6. The number of hydrogen-bond donors (Lipinski definition) is 0. The average Bonchev–Trinajstić information content (AvgIpc) is 3.57. The van der Waals surface area contributed by atoms with E-state index in [1.54, 1.807) is 0 Å². The summed E-state index contributed by atoms with van der Waals surface area (Å²) in [5, 5.41) is 0. The third kappa shape index (κ3) is 20.2. The summed E-state index contributed by atoms with van der Waals surface area (Å²) in [6.45, 7) is 4.61. The number of unbranched alkanes of at least 4 members (excludes halogenated alkanes) is 23. The fraction of sp³-hybridized carbons (Fsp3) is 0.780. The second kappa shape index (κ2) is 27.9. The van der Waals surface area contributed by atoms with Crippen LogP contribution in [0.5, 0.6) is 0 Å². The zero-order valence-corrected chi connectivity index (χ0v) is 28.9. The lowest BCUT2D eigenvalue weighted by atomic mass is 9.78. The highest BCUT2D eigenvalue weighted by Gasteiger charge is 2.35. The van der Waals surface area contributed by atoms with Gasteiger partial charge in [0.05, 0.1) is 5.92 Å². The molecule has 0 amide bonds. The summed E-state index contributed by atoms with van der Waals surface area (Å²) in [5.41, 5.74) is 1.48. The van der Waals surface area contributed by atoms with E-state index in [2.05, 4.69) is 44.2 Å². The fourth-order valence-electron chi connectivity index (χ4n) is 7.01. The minimum atomic E-state index is 0.497. The Kier molecular flexibility index (Phi) is 24.4. The Bertz CT molecular complexity index is 757. The largest absolute Gasteiger partial charge is 0.244 e. The van der Waals surface area contributed by atoms with E-state index in [-0.39, 0.29) is 0 Å². The van der Waals surface area contributed by atoms with E-state index in [1.165, 1.54) is 179 Å². The van der Waals surface area contributed by atoms with E-state index in [0.29, 0.717) is 11.8 Å². The van der Waals surface area contributed by atoms with Crippen LogP contribution in [0, 0.1) is 18.0 Å². The number of nitrogens with zero attached hydrogens (tertiary/aromatic N) is 2. The third-order valence-electron chi connectivity index (χ3n) is 9.77. The molecule has 244 valence electrons. The molecule has 1 aliphatic rings. The van der Waals surface area contributed by atoms with Gasteiger partial charge in [0, 0.05) is 0 Å². The van der Waals surface area contributed by atoms with Crippen molar-refractivity contribution >= 4 is 12.4 Å². The van der Waals surface area contributed by atoms with Crippen molar-refractivity contribution in [2.75, 3.05) is 0 Å². The van der Waals surface area contributed by atoms with Gasteiger partial charge >= 0.3 is 0 Å². The molecule has 0 aliphatic carbocycles. The van der Waals surface area contributed by atoms with Crippen LogP contribution in [-0.4, -0.2) is 12.4 Å². The molecule has 0 aromatic heterocycles. The Labute approximate surface area is 269 Å². The van der Waals surface area contributed by atoms with E-state index >= 15 is 0 Å². The summed E-state index contributed by atoms with van der Waals surface area (Å²) in [4.78, 5) is 9.49. The zero-order valence-electron chi connectivity index (χ0n) is 28.9. The highest BCUT2D eigenvalue weighted by atomic mass is 15.0. The first-order chi connectivity index (χ1) is 21.3. The van der Waals surface area contributed by atoms with Crippen LogP contribution in [0.2, 0.25) is 0 Å². The van der Waals surface area contributed by atoms with Gasteiger partial charge in [-0.25, -0.2) is 0 Å². The molecular formula is C41H71N2+. The molecule has 2 unspecified atom stereocenters. The number of aliphatic imine (C=N–C) groups is 2. The first-order valence-electron chi connectivity index (χ1n) is 19.3. The first-order valence-corrected chi connectivity index (χ1v) is 19.3. The van der Waals surface area contributed by atoms with Gasteiger partial charge in [-0.1, -0.05) is 215 Å². The summed E-state index contributed by atoms with van der Waals surface area (Å²) in [6, 6.07) is 11.2. The van der Waals surface area contributed by atoms with Crippen molar-refractivity contribution in [3.63, 3.8) is 0 Å². The van der Waals surface area contributed by atoms with Gasteiger partial charge in [-0.15, -0.1) is 0 Å². The Morgan fingerprint density at radius 2 is 0.837 bits per heavy atom. The molecular weight excluding hydrogens is 520 g/mol. The molecule has 1 aliphatic heterocycles. The molecule has 0 N–H and O–H groups in total. The van der Waals surface area contributed by atoms with Crippen molar-refractivity contribution in [3.05, 3.63) is 42.1 Å². The van der Waals surface area contributed by atoms with Gasteiger partial charge in [-0.3, -0.25) is 0 Å². The Morgan fingerprint density at radius 3 is 1.26 bits per heavy atom. The lowest BCUT2D eigenvalue weighted by Crippen LogP contribution is -2.22. The van der Waals surface area contributed by atoms with Crippen LogP contribution >= 0.6 is 0 Å². The Morgan fingerprint density at radius 1 is 0.465 bits per heavy atom. The van der Waals surface area contributed by atoms with Crippen LogP contribution in [-0.2, 0) is 6.42 Å². The van der Waals surface area contributed by atoms with Crippen molar-refractivity contribution in [2.24, 2.45) is 21.8 Å². The highest BCUT2D eigenvalue weighted by Crippen LogP contribution is 2.37. The van der Waals surface area contributed by atoms with Crippen LogP contribution < -0.4 is 0 Å². The van der Waals surface area contributed by atoms with Crippen LogP contribution in [0.1, 0.15) is 193 Å². The minimum Gasteiger partial charge on any atom is -0.0965 e. The second-order valence-electron chi connectivity index (χ2n) is 13.7. The summed E-state index contributed by atoms with van der Waals surface area (Å²) in [7, 11) is 0. The Hall–Kier alpha value is -1.57. The molecule has 0 saturated heterocycles. The molecule has 0 radical (unpaired) electrons. The van der Waals surface area contributed by atoms with Crippen molar-refractivity contribution in [2.45, 2.75) is 194 Å². The molecule has 0 fully saturated rings. The molecule has 0 saturated carbocycles. The smallest absolute Gasteiger partial charge is 0.0965 e. The maximum atomic E-state index is 4.74. The van der Waals surface area contributed by atoms with Gasteiger partial charge in [0.25, 0.3) is 0 Å². The zero-order chi connectivity index (χ0) is 30.5. The van der Waals surface area contributed by atoms with Gasteiger partial charge in [-0.05, 0) is 30.7 Å². The average molecular weight is 592 g/mol. The molecule has 2 rings (SSSR count). The van der Waals surface area contributed by atoms with Gasteiger partial charge < -0.3 is 0 Å². The molecule has 0 bridgehead atoms. The van der Waals surface area contributed by atoms with E-state index in [0.717, 1.165) is 12.6 Å². The summed E-state index contributed by atoms with van der Waals surface area (Å²) < 4.78 is 0. The van der Waals surface area contributed by atoms with E-state index in [1.807, 2.05) is 12.4 Å². The quantitative estimate of drug-likeness (QED) is 0.0606. The molecule has 2 atom stereocenters. The summed E-state index contributed by atoms with van der Waals surface area (Å²) in [6.07, 6.45) is 44.1. The summed E-state index contributed by atoms with van der Waals surface area (Å²) >= 11 is 0. The molecule has 2 nitrogen and oxygen atoms in total. The lowest BCUT2D eigenvalue weighted by Gasteiger charge is -2.26. The highest BCUT2D eigenvalue weighted by molar-refractivity contribution is 6.18. The predicted molar refractivity (Wildman–Crippen MR) is 193 cm³/mol. The number of rotatable bonds is 31. The van der Waals surface area contributed by atoms with Crippen LogP contribution in [0.25, 0.3) is 0 Å². The lowest BCUT2D eigenvalue weighted by molar-refractivity contribution is 0.284. The van der Waals surface area contributed by atoms with Crippen molar-refractivity contribution in [3.8, 4) is 0 Å². The van der Waals surface area contributed by atoms with Gasteiger partial charge in [0.15, 0.2) is 12.4 Å². The van der Waals surface area contributed by atoms with Gasteiger partial charge in [0.1, 0.15) is 0 Å². The number of benzene rings is 1. The Balaban J connectivity index is 1.63. The van der Waals surface area contributed by atoms with Crippen LogP contribution in [0.3, 0.4) is 0 Å². The van der Waals surface area contributed by atoms with E-state index < -0.39 is 0 Å². The standard InChI is InChI=1S/C41H71N2/c1-3-5-7-9-11-13-14-15-16-17-18-19-20-21-22-24-29-33-39(37-38-31-27-26-28-32-38)40(41-42-35-36-43-41)34-30-25-23-12-10-8-6-4-2/h26-28,31-32,35-36,39-40H,3-25,29-30,33-34,37H2,1-2H3/q+1. The molecule has 1 heterocycles. The maximum Gasteiger partial charge on any atom is 0.244 e. The maximum absolute atomic E-state index is 4.74. The predicted octanol–water partition coefficient (Wildman–Crippen LogP) is 13.7. The molecule has 43 heavy (non-hydrogen) atoms. The van der Waals surface area contributed by atoms with Crippen LogP contribution in [0.4, 0.5) is 0 Å².